The van der Waals surface area contributed by atoms with Gasteiger partial charge in [-0.2, -0.15) is 5.10 Å². The molecule has 1 saturated heterocycles. The summed E-state index contributed by atoms with van der Waals surface area (Å²) in [6.45, 7) is 11.9. The fourth-order valence-electron chi connectivity index (χ4n) is 6.40. The number of nitrogens with one attached hydrogen (secondary N) is 1. The van der Waals surface area contributed by atoms with E-state index in [1.165, 1.54) is 6.92 Å². The Kier molecular flexibility index (Phi) is 9.63. The maximum absolute atomic E-state index is 14.2. The van der Waals surface area contributed by atoms with E-state index in [9.17, 15) is 14.4 Å². The number of Topliss-reactive ketones (excluding diaryl/α,β-unsaturated/α-hetero) is 1. The van der Waals surface area contributed by atoms with Crippen LogP contribution in [-0.2, 0) is 32.2 Å². The van der Waals surface area contributed by atoms with E-state index in [2.05, 4.69) is 54.5 Å². The van der Waals surface area contributed by atoms with Gasteiger partial charge in [-0.3, -0.25) is 19.1 Å². The summed E-state index contributed by atoms with van der Waals surface area (Å²) in [4.78, 5) is 55.6. The summed E-state index contributed by atoms with van der Waals surface area (Å²) in [6.07, 6.45) is 7.93. The monoisotopic (exact) mass is 713 g/mol. The van der Waals surface area contributed by atoms with Crippen molar-refractivity contribution in [1.29, 1.82) is 0 Å². The van der Waals surface area contributed by atoms with Crippen LogP contribution < -0.4 is 5.32 Å². The molecule has 2 amide bonds. The molecule has 0 unspecified atom stereocenters. The minimum Gasteiger partial charge on any atom is -0.377 e. The van der Waals surface area contributed by atoms with E-state index < -0.39 is 6.04 Å². The van der Waals surface area contributed by atoms with Crippen molar-refractivity contribution < 1.29 is 23.9 Å². The first-order valence-electron chi connectivity index (χ1n) is 15.6. The first-order valence-corrected chi connectivity index (χ1v) is 16.4. The molecule has 0 radical (unpaired) electrons. The Labute approximate surface area is 286 Å². The van der Waals surface area contributed by atoms with Crippen molar-refractivity contribution >= 4 is 50.2 Å². The fraction of sp³-hybridized carbons (Fsp3) is 0.343. The van der Waals surface area contributed by atoms with Crippen molar-refractivity contribution in [2.24, 2.45) is 5.41 Å². The van der Waals surface area contributed by atoms with Crippen LogP contribution in [0, 0.1) is 12.3 Å². The van der Waals surface area contributed by atoms with E-state index in [1.807, 2.05) is 31.2 Å². The second-order valence-electron chi connectivity index (χ2n) is 12.2. The topological polar surface area (TPSA) is 141 Å². The van der Waals surface area contributed by atoms with Gasteiger partial charge in [0.25, 0.3) is 0 Å². The average molecular weight is 715 g/mol. The van der Waals surface area contributed by atoms with Crippen molar-refractivity contribution in [3.63, 3.8) is 0 Å². The van der Waals surface area contributed by atoms with Gasteiger partial charge in [0, 0.05) is 47.3 Å². The van der Waals surface area contributed by atoms with Crippen LogP contribution in [0.1, 0.15) is 41.6 Å². The molecule has 2 aliphatic rings. The van der Waals surface area contributed by atoms with Crippen LogP contribution >= 0.6 is 15.9 Å². The number of fused-ring (bicyclic) bond motifs is 2. The van der Waals surface area contributed by atoms with Gasteiger partial charge in [0.1, 0.15) is 34.5 Å². The number of benzene rings is 1. The van der Waals surface area contributed by atoms with Crippen LogP contribution in [-0.4, -0.2) is 79.1 Å². The second-order valence-corrected chi connectivity index (χ2v) is 13.0. The molecule has 13 heteroatoms. The standard InChI is InChI=1S/C35H36BrN7O5/c1-5-11-47-19-24-8-10-30(36)39-33(24)40-34(46)28-14-35(20-48-12-6-2)15-29(35)43(28)31(45)18-42-27-9-7-23(25-16-37-22(4)38-17-25)13-26(27)32(41-42)21(3)44/h5-10,13,16-17,28-29H,1-2,11-12,14-15,18-20H2,3-4H3,(H,39,40,46)/t28-,29-,35+/m0/s1. The predicted molar refractivity (Wildman–Crippen MR) is 183 cm³/mol. The van der Waals surface area contributed by atoms with Crippen LogP contribution in [0.3, 0.4) is 0 Å². The van der Waals surface area contributed by atoms with Crippen LogP contribution in [0.5, 0.6) is 0 Å². The largest absolute Gasteiger partial charge is 0.377 e. The summed E-state index contributed by atoms with van der Waals surface area (Å²) in [5.41, 5.74) is 2.85. The zero-order valence-electron chi connectivity index (χ0n) is 26.8. The normalized spacial score (nSPS) is 19.6. The number of amides is 2. The molecule has 2 fully saturated rings. The lowest BCUT2D eigenvalue weighted by Crippen LogP contribution is -2.47. The number of ketones is 1. The van der Waals surface area contributed by atoms with E-state index in [0.29, 0.717) is 59.0 Å². The third-order valence-corrected chi connectivity index (χ3v) is 9.24. The van der Waals surface area contributed by atoms with Gasteiger partial charge in [0.05, 0.1) is 31.9 Å². The van der Waals surface area contributed by atoms with Crippen molar-refractivity contribution in [2.75, 3.05) is 25.1 Å². The lowest BCUT2D eigenvalue weighted by Gasteiger charge is -2.27. The number of hydrogen-bond donors (Lipinski definition) is 1. The zero-order chi connectivity index (χ0) is 34.0. The highest BCUT2D eigenvalue weighted by molar-refractivity contribution is 9.10. The Morgan fingerprint density at radius 1 is 1.06 bits per heavy atom. The molecule has 248 valence electrons. The smallest absolute Gasteiger partial charge is 0.248 e. The van der Waals surface area contributed by atoms with E-state index in [0.717, 1.165) is 17.5 Å². The van der Waals surface area contributed by atoms with Crippen LogP contribution in [0.4, 0.5) is 5.82 Å². The number of hydrogen-bond acceptors (Lipinski definition) is 9. The van der Waals surface area contributed by atoms with Gasteiger partial charge in [-0.05, 0) is 59.5 Å². The number of piperidine rings is 1. The highest BCUT2D eigenvalue weighted by atomic mass is 79.9. The van der Waals surface area contributed by atoms with E-state index in [1.54, 1.807) is 40.2 Å². The minimum absolute atomic E-state index is 0.156. The summed E-state index contributed by atoms with van der Waals surface area (Å²) in [7, 11) is 0. The van der Waals surface area contributed by atoms with Gasteiger partial charge in [-0.25, -0.2) is 15.0 Å². The number of nitrogens with zero attached hydrogens (tertiary/aromatic N) is 6. The Morgan fingerprint density at radius 3 is 2.54 bits per heavy atom. The van der Waals surface area contributed by atoms with Gasteiger partial charge in [0.2, 0.25) is 11.8 Å². The lowest BCUT2D eigenvalue weighted by atomic mass is 10.00. The van der Waals surface area contributed by atoms with E-state index in [4.69, 9.17) is 9.47 Å². The maximum atomic E-state index is 14.2. The molecule has 1 aliphatic carbocycles. The van der Waals surface area contributed by atoms with Crippen LogP contribution in [0.25, 0.3) is 22.0 Å². The summed E-state index contributed by atoms with van der Waals surface area (Å²) < 4.78 is 13.5. The van der Waals surface area contributed by atoms with Gasteiger partial charge in [0.15, 0.2) is 5.78 Å². The van der Waals surface area contributed by atoms with Gasteiger partial charge in [-0.1, -0.05) is 24.3 Å². The van der Waals surface area contributed by atoms with E-state index in [-0.39, 0.29) is 47.9 Å². The molecule has 1 aliphatic heterocycles. The number of aromatic nitrogens is 5. The Bertz CT molecular complexity index is 1910. The molecule has 0 bridgehead atoms. The fourth-order valence-corrected chi connectivity index (χ4v) is 6.71. The molecule has 1 N–H and O–H groups in total. The highest BCUT2D eigenvalue weighted by Gasteiger charge is 2.67. The van der Waals surface area contributed by atoms with Crippen LogP contribution in [0.2, 0.25) is 0 Å². The third kappa shape index (κ3) is 6.71. The molecule has 3 atom stereocenters. The van der Waals surface area contributed by atoms with Gasteiger partial charge >= 0.3 is 0 Å². The van der Waals surface area contributed by atoms with Crippen molar-refractivity contribution in [2.45, 2.75) is 51.9 Å². The molecular formula is C35H36BrN7O5. The number of rotatable bonds is 14. The number of ether oxygens (including phenoxy) is 2. The summed E-state index contributed by atoms with van der Waals surface area (Å²) in [6, 6.07) is 8.24. The minimum atomic E-state index is -0.770. The second kappa shape index (κ2) is 13.9. The predicted octanol–water partition coefficient (Wildman–Crippen LogP) is 5.07. The molecule has 3 aromatic heterocycles. The molecule has 48 heavy (non-hydrogen) atoms. The van der Waals surface area contributed by atoms with Gasteiger partial charge < -0.3 is 19.7 Å². The molecular weight excluding hydrogens is 678 g/mol. The Hall–Kier alpha value is -4.59. The van der Waals surface area contributed by atoms with Crippen molar-refractivity contribution in [3.8, 4) is 11.1 Å². The zero-order valence-corrected chi connectivity index (χ0v) is 28.4. The number of aryl methyl sites for hydroxylation is 1. The molecule has 1 saturated carbocycles. The summed E-state index contributed by atoms with van der Waals surface area (Å²) >= 11 is 3.39. The SMILES string of the molecule is C=CCOCc1ccc(Br)nc1NC(=O)[C@@H]1C[C@]2(COCC=C)C[C@@H]2N1C(=O)Cn1nc(C(C)=O)c2cc(-c3cnc(C)nc3)ccc21. The molecule has 0 spiro atoms. The highest BCUT2D eigenvalue weighted by Crippen LogP contribution is 2.60. The third-order valence-electron chi connectivity index (χ3n) is 8.80. The van der Waals surface area contributed by atoms with Crippen LogP contribution in [0.15, 0.2) is 72.6 Å². The molecule has 1 aromatic carbocycles. The van der Waals surface area contributed by atoms with Crippen molar-refractivity contribution in [1.82, 2.24) is 29.6 Å². The molecule has 6 rings (SSSR count). The molecule has 4 aromatic rings. The first-order chi connectivity index (χ1) is 23.1. The Balaban J connectivity index is 1.28. The lowest BCUT2D eigenvalue weighted by molar-refractivity contribution is -0.138. The quantitative estimate of drug-likeness (QED) is 0.0821. The van der Waals surface area contributed by atoms with Gasteiger partial charge in [-0.15, -0.1) is 13.2 Å². The number of halogens is 1. The maximum Gasteiger partial charge on any atom is 0.248 e. The average Bonchev–Trinajstić information content (AvgIpc) is 3.48. The summed E-state index contributed by atoms with van der Waals surface area (Å²) in [5, 5.41) is 8.15. The number of anilines is 1. The summed E-state index contributed by atoms with van der Waals surface area (Å²) in [5.74, 6) is 0.144. The number of carbonyl (C=O) groups excluding carboxylic acids is 3. The first kappa shape index (κ1) is 33.3. The molecule has 12 nitrogen and oxygen atoms in total. The van der Waals surface area contributed by atoms with Crippen molar-refractivity contribution in [3.05, 3.63) is 89.7 Å². The van der Waals surface area contributed by atoms with E-state index >= 15 is 0 Å². The number of pyridine rings is 1. The number of carbonyl (C=O) groups is 3. The Morgan fingerprint density at radius 2 is 1.81 bits per heavy atom. The number of likely N-dealkylation sites (tertiary alicyclic amines) is 1. The molecule has 4 heterocycles.